The number of carbonyl (C=O) groups excluding carboxylic acids is 4. The topological polar surface area (TPSA) is 131 Å². The summed E-state index contributed by atoms with van der Waals surface area (Å²) in [6.45, 7) is 6.93. The van der Waals surface area contributed by atoms with Gasteiger partial charge in [0, 0.05) is 6.42 Å². The summed E-state index contributed by atoms with van der Waals surface area (Å²) in [5, 5.41) is 13.3. The van der Waals surface area contributed by atoms with E-state index in [1.54, 1.807) is 39.0 Å². The van der Waals surface area contributed by atoms with Crippen molar-refractivity contribution in [1.82, 2.24) is 10.4 Å². The Morgan fingerprint density at radius 2 is 1.64 bits per heavy atom. The van der Waals surface area contributed by atoms with Crippen molar-refractivity contribution in [2.75, 3.05) is 0 Å². The van der Waals surface area contributed by atoms with E-state index in [0.29, 0.717) is 5.06 Å². The Bertz CT molecular complexity index is 1110. The molecule has 0 aliphatic carbocycles. The number of aliphatic hydroxyl groups is 1. The van der Waals surface area contributed by atoms with Gasteiger partial charge in [0.15, 0.2) is 6.29 Å². The summed E-state index contributed by atoms with van der Waals surface area (Å²) in [5.41, 5.74) is 1.31. The number of benzene rings is 2. The third-order valence-electron chi connectivity index (χ3n) is 5.13. The van der Waals surface area contributed by atoms with Gasteiger partial charge >= 0.3 is 12.1 Å². The van der Waals surface area contributed by atoms with E-state index in [1.807, 2.05) is 25.1 Å². The van der Waals surface area contributed by atoms with Gasteiger partial charge in [-0.2, -0.15) is 0 Å². The van der Waals surface area contributed by atoms with E-state index < -0.39 is 41.8 Å². The van der Waals surface area contributed by atoms with E-state index in [2.05, 4.69) is 5.32 Å². The van der Waals surface area contributed by atoms with Crippen LogP contribution in [-0.2, 0) is 25.7 Å². The normalized spacial score (nSPS) is 14.8. The molecule has 1 unspecified atom stereocenters. The van der Waals surface area contributed by atoms with E-state index >= 15 is 0 Å². The fourth-order valence-corrected chi connectivity index (χ4v) is 3.50. The zero-order valence-electron chi connectivity index (χ0n) is 20.6. The van der Waals surface area contributed by atoms with Crippen LogP contribution in [0.1, 0.15) is 65.5 Å². The molecule has 1 aliphatic rings. The van der Waals surface area contributed by atoms with Crippen molar-refractivity contribution < 1.29 is 38.6 Å². The molecule has 3 rings (SSSR count). The van der Waals surface area contributed by atoms with Gasteiger partial charge in [0.1, 0.15) is 18.2 Å². The van der Waals surface area contributed by atoms with Crippen LogP contribution in [0.2, 0.25) is 0 Å². The van der Waals surface area contributed by atoms with Crippen LogP contribution in [0.15, 0.2) is 48.5 Å². The summed E-state index contributed by atoms with van der Waals surface area (Å²) in [6.07, 6.45) is -2.76. The van der Waals surface area contributed by atoms with Crippen LogP contribution in [0.4, 0.5) is 4.79 Å². The smallest absolute Gasteiger partial charge is 0.408 e. The first-order chi connectivity index (χ1) is 16.9. The Balaban J connectivity index is 1.61. The summed E-state index contributed by atoms with van der Waals surface area (Å²) in [7, 11) is 0. The molecule has 0 spiro atoms. The number of esters is 1. The molecular weight excluding hydrogens is 468 g/mol. The number of hydrogen-bond donors (Lipinski definition) is 2. The lowest BCUT2D eigenvalue weighted by molar-refractivity contribution is -0.214. The number of alkyl carbamates (subject to hydrolysis) is 1. The van der Waals surface area contributed by atoms with Crippen molar-refractivity contribution in [2.24, 2.45) is 0 Å². The monoisotopic (exact) mass is 498 g/mol. The Kier molecular flexibility index (Phi) is 8.44. The average Bonchev–Trinajstić information content (AvgIpc) is 3.04. The van der Waals surface area contributed by atoms with Crippen LogP contribution in [0.3, 0.4) is 0 Å². The Morgan fingerprint density at radius 3 is 2.22 bits per heavy atom. The number of aliphatic hydroxyl groups excluding tert-OH is 1. The third-order valence-corrected chi connectivity index (χ3v) is 5.13. The molecule has 10 nitrogen and oxygen atoms in total. The predicted molar refractivity (Wildman–Crippen MR) is 127 cm³/mol. The highest BCUT2D eigenvalue weighted by Crippen LogP contribution is 2.24. The van der Waals surface area contributed by atoms with E-state index in [4.69, 9.17) is 14.3 Å². The minimum absolute atomic E-state index is 0.0128. The maximum Gasteiger partial charge on any atom is 0.408 e. The minimum atomic E-state index is -1.61. The number of hydroxylamine groups is 2. The molecule has 0 bridgehead atoms. The van der Waals surface area contributed by atoms with Crippen molar-refractivity contribution in [1.29, 1.82) is 0 Å². The summed E-state index contributed by atoms with van der Waals surface area (Å²) >= 11 is 0. The van der Waals surface area contributed by atoms with Crippen LogP contribution in [0.25, 0.3) is 0 Å². The lowest BCUT2D eigenvalue weighted by Gasteiger charge is -2.24. The molecule has 0 saturated heterocycles. The van der Waals surface area contributed by atoms with E-state index in [0.717, 1.165) is 11.1 Å². The number of hydrogen-bond acceptors (Lipinski definition) is 8. The van der Waals surface area contributed by atoms with Gasteiger partial charge < -0.3 is 19.9 Å². The Hall–Kier alpha value is -3.76. The zero-order valence-corrected chi connectivity index (χ0v) is 20.6. The summed E-state index contributed by atoms with van der Waals surface area (Å²) in [6, 6.07) is 12.4. The second kappa shape index (κ2) is 11.3. The number of nitrogens with zero attached hydrogens (tertiary/aromatic N) is 1. The molecule has 1 aliphatic heterocycles. The first kappa shape index (κ1) is 26.8. The molecule has 2 N–H and O–H groups in total. The highest BCUT2D eigenvalue weighted by atomic mass is 16.8. The standard InChI is InChI=1S/C26H30N2O8/c1-16-8-7-9-17(14-16)15-34-24(32)20(27-25(33)35-26(2,3)4)12-13-21(29)36-28-22(30)18-10-5-6-11-19(18)23(28)31/h5-11,14,20-21,29H,12-13,15H2,1-4H3,(H,27,33)/t20-,21?/m0/s1. The number of imide groups is 1. The van der Waals surface area contributed by atoms with Gasteiger partial charge in [0.05, 0.1) is 11.1 Å². The molecular formula is C26H30N2O8. The highest BCUT2D eigenvalue weighted by molar-refractivity contribution is 6.20. The fourth-order valence-electron chi connectivity index (χ4n) is 3.50. The second-order valence-electron chi connectivity index (χ2n) is 9.38. The third kappa shape index (κ3) is 7.12. The largest absolute Gasteiger partial charge is 0.459 e. The van der Waals surface area contributed by atoms with Gasteiger partial charge in [-0.1, -0.05) is 42.0 Å². The van der Waals surface area contributed by atoms with Crippen LogP contribution < -0.4 is 5.32 Å². The van der Waals surface area contributed by atoms with Gasteiger partial charge in [-0.3, -0.25) is 9.59 Å². The van der Waals surface area contributed by atoms with Crippen molar-refractivity contribution in [3.63, 3.8) is 0 Å². The van der Waals surface area contributed by atoms with Gasteiger partial charge in [-0.25, -0.2) is 14.4 Å². The van der Waals surface area contributed by atoms with Crippen molar-refractivity contribution in [3.8, 4) is 0 Å². The molecule has 192 valence electrons. The number of aryl methyl sites for hydroxylation is 1. The van der Waals surface area contributed by atoms with Crippen LogP contribution >= 0.6 is 0 Å². The second-order valence-corrected chi connectivity index (χ2v) is 9.38. The molecule has 0 radical (unpaired) electrons. The van der Waals surface area contributed by atoms with Crippen LogP contribution in [-0.4, -0.2) is 52.0 Å². The van der Waals surface area contributed by atoms with Gasteiger partial charge in [-0.05, 0) is 51.8 Å². The van der Waals surface area contributed by atoms with E-state index in [1.165, 1.54) is 12.1 Å². The summed E-state index contributed by atoms with van der Waals surface area (Å²) < 4.78 is 10.6. The van der Waals surface area contributed by atoms with Gasteiger partial charge in [-0.15, -0.1) is 5.06 Å². The molecule has 1 heterocycles. The average molecular weight is 499 g/mol. The SMILES string of the molecule is Cc1cccc(COC(=O)[C@H](CCC(O)ON2C(=O)c3ccccc3C2=O)NC(=O)OC(C)(C)C)c1. The lowest BCUT2D eigenvalue weighted by atomic mass is 10.1. The van der Waals surface area contributed by atoms with Crippen LogP contribution in [0, 0.1) is 6.92 Å². The van der Waals surface area contributed by atoms with Crippen LogP contribution in [0.5, 0.6) is 0 Å². The number of nitrogens with one attached hydrogen (secondary N) is 1. The predicted octanol–water partition coefficient (Wildman–Crippen LogP) is 3.26. The van der Waals surface area contributed by atoms with Crippen molar-refractivity contribution in [3.05, 3.63) is 70.8 Å². The minimum Gasteiger partial charge on any atom is -0.459 e. The van der Waals surface area contributed by atoms with Crippen molar-refractivity contribution >= 4 is 23.9 Å². The highest BCUT2D eigenvalue weighted by Gasteiger charge is 2.38. The van der Waals surface area contributed by atoms with E-state index in [9.17, 15) is 24.3 Å². The molecule has 0 saturated carbocycles. The number of fused-ring (bicyclic) bond motifs is 1. The number of ether oxygens (including phenoxy) is 2. The van der Waals surface area contributed by atoms with Gasteiger partial charge in [0.25, 0.3) is 11.8 Å². The number of amides is 3. The molecule has 3 amide bonds. The zero-order chi connectivity index (χ0) is 26.5. The maximum atomic E-state index is 12.8. The molecule has 2 aromatic carbocycles. The Labute approximate surface area is 209 Å². The first-order valence-corrected chi connectivity index (χ1v) is 11.5. The molecule has 2 atom stereocenters. The molecule has 36 heavy (non-hydrogen) atoms. The molecule has 10 heteroatoms. The van der Waals surface area contributed by atoms with E-state index in [-0.39, 0.29) is 30.6 Å². The maximum absolute atomic E-state index is 12.8. The first-order valence-electron chi connectivity index (χ1n) is 11.5. The molecule has 0 aromatic heterocycles. The fraction of sp³-hybridized carbons (Fsp3) is 0.385. The quantitative estimate of drug-likeness (QED) is 0.306. The lowest BCUT2D eigenvalue weighted by Crippen LogP contribution is -2.45. The van der Waals surface area contributed by atoms with Crippen molar-refractivity contribution in [2.45, 2.75) is 65.1 Å². The summed E-state index contributed by atoms with van der Waals surface area (Å²) in [4.78, 5) is 55.1. The van der Waals surface area contributed by atoms with Gasteiger partial charge in [0.2, 0.25) is 0 Å². The summed E-state index contributed by atoms with van der Waals surface area (Å²) in [5.74, 6) is -2.14. The number of carbonyl (C=O) groups is 4. The number of rotatable bonds is 9. The molecule has 0 fully saturated rings. The Morgan fingerprint density at radius 1 is 1.00 bits per heavy atom. The molecule has 2 aromatic rings.